The van der Waals surface area contributed by atoms with Gasteiger partial charge in [-0.05, 0) is 57.2 Å². The zero-order chi connectivity index (χ0) is 21.7. The van der Waals surface area contributed by atoms with Crippen LogP contribution in [0, 0.1) is 12.8 Å². The molecule has 5 nitrogen and oxygen atoms in total. The molecule has 1 aliphatic rings. The van der Waals surface area contributed by atoms with Gasteiger partial charge in [0.15, 0.2) is 0 Å². The number of amides is 1. The van der Waals surface area contributed by atoms with Gasteiger partial charge < -0.3 is 14.8 Å². The van der Waals surface area contributed by atoms with Crippen LogP contribution in [-0.2, 0) is 27.1 Å². The van der Waals surface area contributed by atoms with Gasteiger partial charge in [0.05, 0.1) is 19.1 Å². The molecule has 1 amide bonds. The number of carbonyl (C=O) groups excluding carboxylic acids is 2. The highest BCUT2D eigenvalue weighted by molar-refractivity contribution is 5.71. The first-order chi connectivity index (χ1) is 14.2. The summed E-state index contributed by atoms with van der Waals surface area (Å²) >= 11 is 0. The summed E-state index contributed by atoms with van der Waals surface area (Å²) in [6, 6.07) is 16.2. The molecule has 0 unspecified atom stereocenters. The van der Waals surface area contributed by atoms with Crippen molar-refractivity contribution in [3.8, 4) is 0 Å². The number of rotatable bonds is 6. The van der Waals surface area contributed by atoms with Crippen LogP contribution in [0.4, 0.5) is 4.79 Å². The lowest BCUT2D eigenvalue weighted by molar-refractivity contribution is -0.137. The maximum Gasteiger partial charge on any atom is 0.408 e. The van der Waals surface area contributed by atoms with Gasteiger partial charge in [-0.25, -0.2) is 4.79 Å². The topological polar surface area (TPSA) is 64.6 Å². The Morgan fingerprint density at radius 3 is 2.53 bits per heavy atom. The van der Waals surface area contributed by atoms with E-state index in [1.807, 2.05) is 39.0 Å². The van der Waals surface area contributed by atoms with Crippen LogP contribution >= 0.6 is 0 Å². The SMILES string of the molecule is Cc1cc(C[C@@H]2COC(=O)C2)cc([C@H](Cc2ccccc2)NC(=O)OC(C)(C)C)c1. The third-order valence-electron chi connectivity index (χ3n) is 5.00. The summed E-state index contributed by atoms with van der Waals surface area (Å²) in [6.45, 7) is 8.10. The predicted molar refractivity (Wildman–Crippen MR) is 116 cm³/mol. The molecule has 3 rings (SSSR count). The van der Waals surface area contributed by atoms with Gasteiger partial charge in [-0.15, -0.1) is 0 Å². The monoisotopic (exact) mass is 409 g/mol. The Hall–Kier alpha value is -2.82. The summed E-state index contributed by atoms with van der Waals surface area (Å²) in [5.74, 6) is 0.0833. The Morgan fingerprint density at radius 1 is 1.17 bits per heavy atom. The van der Waals surface area contributed by atoms with Crippen molar-refractivity contribution in [1.29, 1.82) is 0 Å². The minimum absolute atomic E-state index is 0.124. The summed E-state index contributed by atoms with van der Waals surface area (Å²) in [4.78, 5) is 24.0. The van der Waals surface area contributed by atoms with Crippen LogP contribution in [0.3, 0.4) is 0 Å². The highest BCUT2D eigenvalue weighted by Gasteiger charge is 2.25. The number of alkyl carbamates (subject to hydrolysis) is 1. The van der Waals surface area contributed by atoms with E-state index in [-0.39, 0.29) is 17.9 Å². The zero-order valence-corrected chi connectivity index (χ0v) is 18.2. The van der Waals surface area contributed by atoms with Crippen molar-refractivity contribution in [3.63, 3.8) is 0 Å². The lowest BCUT2D eigenvalue weighted by atomic mass is 9.92. The van der Waals surface area contributed by atoms with E-state index in [4.69, 9.17) is 9.47 Å². The molecular weight excluding hydrogens is 378 g/mol. The third kappa shape index (κ3) is 6.61. The van der Waals surface area contributed by atoms with Crippen molar-refractivity contribution in [1.82, 2.24) is 5.32 Å². The van der Waals surface area contributed by atoms with Gasteiger partial charge in [-0.3, -0.25) is 4.79 Å². The Kier molecular flexibility index (Phi) is 6.80. The van der Waals surface area contributed by atoms with E-state index in [9.17, 15) is 9.59 Å². The van der Waals surface area contributed by atoms with E-state index in [2.05, 4.69) is 42.6 Å². The van der Waals surface area contributed by atoms with Crippen LogP contribution in [0.5, 0.6) is 0 Å². The van der Waals surface area contributed by atoms with Crippen molar-refractivity contribution in [2.24, 2.45) is 5.92 Å². The number of hydrogen-bond acceptors (Lipinski definition) is 4. The largest absolute Gasteiger partial charge is 0.465 e. The van der Waals surface area contributed by atoms with Crippen molar-refractivity contribution >= 4 is 12.1 Å². The fourth-order valence-electron chi connectivity index (χ4n) is 3.79. The first kappa shape index (κ1) is 21.9. The van der Waals surface area contributed by atoms with Crippen LogP contribution in [0.2, 0.25) is 0 Å². The van der Waals surface area contributed by atoms with E-state index in [1.54, 1.807) is 0 Å². The van der Waals surface area contributed by atoms with E-state index >= 15 is 0 Å². The molecule has 0 spiro atoms. The number of benzene rings is 2. The fourth-order valence-corrected chi connectivity index (χ4v) is 3.79. The van der Waals surface area contributed by atoms with E-state index in [0.717, 1.165) is 28.7 Å². The first-order valence-electron chi connectivity index (χ1n) is 10.5. The fraction of sp³-hybridized carbons (Fsp3) is 0.440. The molecule has 1 aliphatic heterocycles. The molecular formula is C25H31NO4. The third-order valence-corrected chi connectivity index (χ3v) is 5.00. The number of hydrogen-bond donors (Lipinski definition) is 1. The molecule has 1 fully saturated rings. The second kappa shape index (κ2) is 9.33. The highest BCUT2D eigenvalue weighted by atomic mass is 16.6. The van der Waals surface area contributed by atoms with Crippen molar-refractivity contribution in [2.45, 2.75) is 58.6 Å². The Bertz CT molecular complexity index is 886. The van der Waals surface area contributed by atoms with Crippen LogP contribution in [-0.4, -0.2) is 24.3 Å². The van der Waals surface area contributed by atoms with Gasteiger partial charge in [-0.2, -0.15) is 0 Å². The molecule has 160 valence electrons. The minimum atomic E-state index is -0.561. The molecule has 0 radical (unpaired) electrons. The molecule has 0 saturated carbocycles. The van der Waals surface area contributed by atoms with Crippen molar-refractivity contribution < 1.29 is 19.1 Å². The number of nitrogens with one attached hydrogen (secondary N) is 1. The molecule has 2 atom stereocenters. The molecule has 1 heterocycles. The molecule has 0 aliphatic carbocycles. The zero-order valence-electron chi connectivity index (χ0n) is 18.2. The Labute approximate surface area is 178 Å². The number of aryl methyl sites for hydroxylation is 1. The summed E-state index contributed by atoms with van der Waals surface area (Å²) in [5, 5.41) is 3.05. The van der Waals surface area contributed by atoms with Gasteiger partial charge in [0.1, 0.15) is 5.60 Å². The summed E-state index contributed by atoms with van der Waals surface area (Å²) in [7, 11) is 0. The number of cyclic esters (lactones) is 1. The second-order valence-corrected chi connectivity index (χ2v) is 9.10. The van der Waals surface area contributed by atoms with Crippen LogP contribution in [0.1, 0.15) is 55.5 Å². The molecule has 0 aromatic heterocycles. The summed E-state index contributed by atoms with van der Waals surface area (Å²) in [5.41, 5.74) is 3.88. The van der Waals surface area contributed by atoms with Gasteiger partial charge in [0, 0.05) is 5.92 Å². The van der Waals surface area contributed by atoms with E-state index < -0.39 is 11.7 Å². The number of ether oxygens (including phenoxy) is 2. The van der Waals surface area contributed by atoms with E-state index in [1.165, 1.54) is 0 Å². The van der Waals surface area contributed by atoms with Gasteiger partial charge in [0.2, 0.25) is 0 Å². The molecule has 5 heteroatoms. The lowest BCUT2D eigenvalue weighted by Gasteiger charge is -2.25. The van der Waals surface area contributed by atoms with E-state index in [0.29, 0.717) is 19.4 Å². The molecule has 1 saturated heterocycles. The maximum atomic E-state index is 12.5. The van der Waals surface area contributed by atoms with Crippen LogP contribution in [0.15, 0.2) is 48.5 Å². The molecule has 2 aromatic carbocycles. The standard InChI is InChI=1S/C25H31NO4/c1-17-10-19(12-20-15-23(27)29-16-20)13-21(11-17)22(14-18-8-6-5-7-9-18)26-24(28)30-25(2,3)4/h5-11,13,20,22H,12,14-16H2,1-4H3,(H,26,28)/t20-,22-/m0/s1. The average Bonchev–Trinajstić information content (AvgIpc) is 3.04. The van der Waals surface area contributed by atoms with Crippen molar-refractivity contribution in [3.05, 3.63) is 70.8 Å². The molecule has 2 aromatic rings. The van der Waals surface area contributed by atoms with Crippen LogP contribution in [0.25, 0.3) is 0 Å². The maximum absolute atomic E-state index is 12.5. The minimum Gasteiger partial charge on any atom is -0.465 e. The number of carbonyl (C=O) groups is 2. The molecule has 0 bridgehead atoms. The molecule has 1 N–H and O–H groups in total. The Balaban J connectivity index is 1.83. The normalized spacial score (nSPS) is 17.3. The quantitative estimate of drug-likeness (QED) is 0.689. The predicted octanol–water partition coefficient (Wildman–Crippen LogP) is 4.91. The molecule has 30 heavy (non-hydrogen) atoms. The second-order valence-electron chi connectivity index (χ2n) is 9.10. The van der Waals surface area contributed by atoms with Gasteiger partial charge in [0.25, 0.3) is 0 Å². The van der Waals surface area contributed by atoms with Crippen LogP contribution < -0.4 is 5.32 Å². The Morgan fingerprint density at radius 2 is 1.90 bits per heavy atom. The highest BCUT2D eigenvalue weighted by Crippen LogP contribution is 2.25. The smallest absolute Gasteiger partial charge is 0.408 e. The lowest BCUT2D eigenvalue weighted by Crippen LogP contribution is -2.35. The first-order valence-corrected chi connectivity index (χ1v) is 10.5. The average molecular weight is 410 g/mol. The van der Waals surface area contributed by atoms with Gasteiger partial charge in [-0.1, -0.05) is 54.1 Å². The van der Waals surface area contributed by atoms with Crippen molar-refractivity contribution in [2.75, 3.05) is 6.61 Å². The summed E-state index contributed by atoms with van der Waals surface area (Å²) in [6.07, 6.45) is 1.48. The summed E-state index contributed by atoms with van der Waals surface area (Å²) < 4.78 is 10.6. The van der Waals surface area contributed by atoms with Gasteiger partial charge >= 0.3 is 12.1 Å². The number of esters is 1.